The zero-order valence-electron chi connectivity index (χ0n) is 21.0. The number of carbonyl (C=O) groups excluding carboxylic acids is 2. The fourth-order valence-electron chi connectivity index (χ4n) is 4.14. The second-order valence-corrected chi connectivity index (χ2v) is 8.95. The van der Waals surface area contributed by atoms with Crippen molar-refractivity contribution < 1.29 is 19.1 Å². The largest absolute Gasteiger partial charge is 0.494 e. The lowest BCUT2D eigenvalue weighted by atomic mass is 10.0. The molecule has 0 spiro atoms. The highest BCUT2D eigenvalue weighted by Gasteiger charge is 2.20. The van der Waals surface area contributed by atoms with Gasteiger partial charge < -0.3 is 14.5 Å². The molecule has 0 aliphatic carbocycles. The van der Waals surface area contributed by atoms with Crippen molar-refractivity contribution in [1.82, 2.24) is 10.4 Å². The summed E-state index contributed by atoms with van der Waals surface area (Å²) in [6, 6.07) is 28.6. The normalized spacial score (nSPS) is 11.0. The first-order valence-corrected chi connectivity index (χ1v) is 12.7. The van der Waals surface area contributed by atoms with E-state index in [2.05, 4.69) is 15.5 Å². The van der Waals surface area contributed by atoms with E-state index in [1.807, 2.05) is 55.5 Å². The lowest BCUT2D eigenvalue weighted by Gasteiger charge is -2.08. The van der Waals surface area contributed by atoms with E-state index in [1.165, 1.54) is 6.21 Å². The van der Waals surface area contributed by atoms with E-state index in [4.69, 9.17) is 21.1 Å². The molecule has 1 amide bonds. The third-order valence-corrected chi connectivity index (χ3v) is 6.19. The third kappa shape index (κ3) is 5.84. The summed E-state index contributed by atoms with van der Waals surface area (Å²) in [7, 11) is 0. The maximum absolute atomic E-state index is 13.3. The van der Waals surface area contributed by atoms with Crippen molar-refractivity contribution in [3.8, 4) is 22.6 Å². The Balaban J connectivity index is 1.39. The molecule has 4 aromatic carbocycles. The number of halogens is 1. The number of hydrogen-bond donors (Lipinski definition) is 2. The number of ether oxygens (including phenoxy) is 2. The van der Waals surface area contributed by atoms with E-state index < -0.39 is 11.9 Å². The van der Waals surface area contributed by atoms with Crippen molar-refractivity contribution in [1.29, 1.82) is 0 Å². The van der Waals surface area contributed by atoms with Gasteiger partial charge in [-0.2, -0.15) is 5.10 Å². The maximum atomic E-state index is 13.3. The highest BCUT2D eigenvalue weighted by atomic mass is 35.5. The van der Waals surface area contributed by atoms with Gasteiger partial charge in [-0.25, -0.2) is 10.2 Å². The van der Waals surface area contributed by atoms with Gasteiger partial charge >= 0.3 is 5.97 Å². The minimum atomic E-state index is -0.534. The first-order valence-electron chi connectivity index (χ1n) is 12.3. The Morgan fingerprint density at radius 3 is 2.46 bits per heavy atom. The number of esters is 1. The fourth-order valence-corrected chi connectivity index (χ4v) is 4.27. The Bertz CT molecular complexity index is 1660. The molecule has 194 valence electrons. The molecule has 2 N–H and O–H groups in total. The number of para-hydroxylation sites is 1. The average molecular weight is 538 g/mol. The second kappa shape index (κ2) is 11.7. The zero-order valence-corrected chi connectivity index (χ0v) is 21.7. The highest BCUT2D eigenvalue weighted by molar-refractivity contribution is 6.30. The Kier molecular flexibility index (Phi) is 7.70. The first kappa shape index (κ1) is 25.8. The van der Waals surface area contributed by atoms with E-state index in [0.29, 0.717) is 34.2 Å². The predicted molar refractivity (Wildman–Crippen MR) is 153 cm³/mol. The number of hydrazone groups is 1. The van der Waals surface area contributed by atoms with Gasteiger partial charge in [0.05, 0.1) is 18.4 Å². The molecule has 0 unspecified atom stereocenters. The lowest BCUT2D eigenvalue weighted by molar-refractivity contribution is 0.0734. The van der Waals surface area contributed by atoms with Gasteiger partial charge in [0.1, 0.15) is 17.2 Å². The number of nitrogens with one attached hydrogen (secondary N) is 2. The molecule has 39 heavy (non-hydrogen) atoms. The van der Waals surface area contributed by atoms with Gasteiger partial charge in [0.15, 0.2) is 0 Å². The number of benzene rings is 4. The average Bonchev–Trinajstić information content (AvgIpc) is 3.34. The van der Waals surface area contributed by atoms with Crippen LogP contribution in [-0.4, -0.2) is 29.7 Å². The van der Waals surface area contributed by atoms with Crippen molar-refractivity contribution in [2.45, 2.75) is 6.92 Å². The molecule has 1 heterocycles. The van der Waals surface area contributed by atoms with Crippen LogP contribution >= 0.6 is 11.6 Å². The Morgan fingerprint density at radius 2 is 1.69 bits per heavy atom. The Morgan fingerprint density at radius 1 is 0.949 bits per heavy atom. The quantitative estimate of drug-likeness (QED) is 0.0977. The number of fused-ring (bicyclic) bond motifs is 1. The van der Waals surface area contributed by atoms with Crippen LogP contribution in [0.4, 0.5) is 0 Å². The van der Waals surface area contributed by atoms with Crippen molar-refractivity contribution in [2.75, 3.05) is 6.61 Å². The molecule has 7 nitrogen and oxygen atoms in total. The summed E-state index contributed by atoms with van der Waals surface area (Å²) in [5.41, 5.74) is 6.26. The van der Waals surface area contributed by atoms with Crippen LogP contribution in [-0.2, 0) is 0 Å². The topological polar surface area (TPSA) is 92.8 Å². The molecule has 0 radical (unpaired) electrons. The minimum Gasteiger partial charge on any atom is -0.494 e. The van der Waals surface area contributed by atoms with Crippen LogP contribution < -0.4 is 14.9 Å². The Labute approximate surface area is 230 Å². The van der Waals surface area contributed by atoms with Crippen LogP contribution in [0.3, 0.4) is 0 Å². The molecule has 0 aliphatic rings. The van der Waals surface area contributed by atoms with Gasteiger partial charge in [-0.15, -0.1) is 0 Å². The van der Waals surface area contributed by atoms with E-state index >= 15 is 0 Å². The van der Waals surface area contributed by atoms with Crippen LogP contribution in [0.5, 0.6) is 11.5 Å². The second-order valence-electron chi connectivity index (χ2n) is 8.51. The maximum Gasteiger partial charge on any atom is 0.343 e. The Hall–Kier alpha value is -4.88. The first-order chi connectivity index (χ1) is 19.0. The molecule has 0 atom stereocenters. The van der Waals surface area contributed by atoms with E-state index in [1.54, 1.807) is 48.5 Å². The molecular formula is C31H24ClN3O4. The molecular weight excluding hydrogens is 514 g/mol. The molecule has 5 rings (SSSR count). The number of aromatic nitrogens is 1. The van der Waals surface area contributed by atoms with Gasteiger partial charge in [0.2, 0.25) is 0 Å². The van der Waals surface area contributed by atoms with Gasteiger partial charge in [-0.05, 0) is 67.1 Å². The van der Waals surface area contributed by atoms with Gasteiger partial charge in [0.25, 0.3) is 5.91 Å². The van der Waals surface area contributed by atoms with Crippen LogP contribution in [0.2, 0.25) is 5.02 Å². The van der Waals surface area contributed by atoms with Crippen LogP contribution in [0, 0.1) is 0 Å². The van der Waals surface area contributed by atoms with E-state index in [9.17, 15) is 9.59 Å². The number of rotatable bonds is 8. The SMILES string of the molecule is CCOc1ccc2[nH]c(C(=O)NN=Cc3ccccc3OC(=O)c3ccc(Cl)cc3)c(-c3ccccc3)c2c1. The molecule has 1 aromatic heterocycles. The highest BCUT2D eigenvalue weighted by Crippen LogP contribution is 2.34. The number of amides is 1. The third-order valence-electron chi connectivity index (χ3n) is 5.94. The van der Waals surface area contributed by atoms with E-state index in [0.717, 1.165) is 27.8 Å². The van der Waals surface area contributed by atoms with Gasteiger partial charge in [-0.3, -0.25) is 4.79 Å². The molecule has 0 aliphatic heterocycles. The van der Waals surface area contributed by atoms with Gasteiger partial charge in [-0.1, -0.05) is 54.1 Å². The summed E-state index contributed by atoms with van der Waals surface area (Å²) in [5.74, 6) is 0.0638. The zero-order chi connectivity index (χ0) is 27.2. The summed E-state index contributed by atoms with van der Waals surface area (Å²) in [5, 5.41) is 5.53. The van der Waals surface area contributed by atoms with Gasteiger partial charge in [0, 0.05) is 27.1 Å². The molecule has 0 bridgehead atoms. The number of carbonyl (C=O) groups is 2. The fraction of sp³-hybridized carbons (Fsp3) is 0.0645. The number of nitrogens with zero attached hydrogens (tertiary/aromatic N) is 1. The number of aromatic amines is 1. The van der Waals surface area contributed by atoms with Crippen molar-refractivity contribution in [2.24, 2.45) is 5.10 Å². The minimum absolute atomic E-state index is 0.300. The van der Waals surface area contributed by atoms with Crippen LogP contribution in [0.25, 0.3) is 22.0 Å². The summed E-state index contributed by atoms with van der Waals surface area (Å²) in [6.07, 6.45) is 1.43. The molecule has 8 heteroatoms. The lowest BCUT2D eigenvalue weighted by Crippen LogP contribution is -2.19. The van der Waals surface area contributed by atoms with Crippen molar-refractivity contribution in [3.63, 3.8) is 0 Å². The summed E-state index contributed by atoms with van der Waals surface area (Å²) in [6.45, 7) is 2.46. The summed E-state index contributed by atoms with van der Waals surface area (Å²) < 4.78 is 11.2. The molecule has 0 saturated carbocycles. The number of H-pyrrole nitrogens is 1. The monoisotopic (exact) mass is 537 g/mol. The molecule has 0 saturated heterocycles. The summed E-state index contributed by atoms with van der Waals surface area (Å²) in [4.78, 5) is 29.1. The molecule has 0 fully saturated rings. The summed E-state index contributed by atoms with van der Waals surface area (Å²) >= 11 is 5.90. The van der Waals surface area contributed by atoms with Crippen molar-refractivity contribution in [3.05, 3.63) is 119 Å². The van der Waals surface area contributed by atoms with E-state index in [-0.39, 0.29) is 0 Å². The molecule has 5 aromatic rings. The predicted octanol–water partition coefficient (Wildman–Crippen LogP) is 6.87. The standard InChI is InChI=1S/C31H24ClN3O4/c1-2-38-24-16-17-26-25(18-24)28(20-8-4-3-5-9-20)29(34-26)30(36)35-33-19-22-10-6-7-11-27(22)39-31(37)21-12-14-23(32)15-13-21/h3-19,34H,2H2,1H3,(H,35,36). The van der Waals surface area contributed by atoms with Crippen molar-refractivity contribution >= 4 is 40.6 Å². The van der Waals surface area contributed by atoms with Crippen LogP contribution in [0.1, 0.15) is 33.3 Å². The smallest absolute Gasteiger partial charge is 0.343 e. The van der Waals surface area contributed by atoms with Crippen LogP contribution in [0.15, 0.2) is 102 Å². The number of hydrogen-bond acceptors (Lipinski definition) is 5.